The maximum absolute atomic E-state index is 8.81. The zero-order chi connectivity index (χ0) is 12.3. The Hall–Kier alpha value is -1.20. The van der Waals surface area contributed by atoms with E-state index in [0.29, 0.717) is 16.8 Å². The minimum Gasteiger partial charge on any atom is -0.440 e. The summed E-state index contributed by atoms with van der Waals surface area (Å²) in [5.74, 6) is 1.43. The van der Waals surface area contributed by atoms with Crippen molar-refractivity contribution in [2.75, 3.05) is 12.3 Å². The van der Waals surface area contributed by atoms with Crippen molar-refractivity contribution < 1.29 is 9.52 Å². The standard InChI is InChI=1S/C12H16N2O2S/c1-8(4-5-15)17-7-12-14-10-3-2-9(13)6-11(10)16-12/h2-3,6,8,15H,4-5,7,13H2,1H3. The molecule has 1 aromatic heterocycles. The molecule has 1 atom stereocenters. The van der Waals surface area contributed by atoms with Gasteiger partial charge in [-0.3, -0.25) is 0 Å². The third kappa shape index (κ3) is 3.14. The van der Waals surface area contributed by atoms with Crippen LogP contribution in [-0.4, -0.2) is 21.9 Å². The van der Waals surface area contributed by atoms with Crippen molar-refractivity contribution in [3.05, 3.63) is 24.1 Å². The van der Waals surface area contributed by atoms with Gasteiger partial charge in [-0.1, -0.05) is 6.92 Å². The summed E-state index contributed by atoms with van der Waals surface area (Å²) in [5.41, 5.74) is 7.93. The van der Waals surface area contributed by atoms with Crippen molar-refractivity contribution >= 4 is 28.5 Å². The Morgan fingerprint density at radius 2 is 2.35 bits per heavy atom. The predicted octanol–water partition coefficient (Wildman–Crippen LogP) is 2.41. The highest BCUT2D eigenvalue weighted by molar-refractivity contribution is 7.99. The van der Waals surface area contributed by atoms with Gasteiger partial charge in [0.2, 0.25) is 5.89 Å². The summed E-state index contributed by atoms with van der Waals surface area (Å²) in [7, 11) is 0. The number of aliphatic hydroxyl groups is 1. The van der Waals surface area contributed by atoms with Crippen LogP contribution in [0, 0.1) is 0 Å². The lowest BCUT2D eigenvalue weighted by molar-refractivity contribution is 0.289. The number of fused-ring (bicyclic) bond motifs is 1. The number of oxazole rings is 1. The van der Waals surface area contributed by atoms with Gasteiger partial charge in [0.25, 0.3) is 0 Å². The van der Waals surface area contributed by atoms with Crippen molar-refractivity contribution in [3.8, 4) is 0 Å². The lowest BCUT2D eigenvalue weighted by atomic mass is 10.3. The number of aromatic nitrogens is 1. The van der Waals surface area contributed by atoms with E-state index in [2.05, 4.69) is 11.9 Å². The molecule has 0 aliphatic heterocycles. The predicted molar refractivity (Wildman–Crippen MR) is 70.9 cm³/mol. The molecule has 5 heteroatoms. The monoisotopic (exact) mass is 252 g/mol. The maximum Gasteiger partial charge on any atom is 0.205 e. The molecular weight excluding hydrogens is 236 g/mol. The molecule has 17 heavy (non-hydrogen) atoms. The summed E-state index contributed by atoms with van der Waals surface area (Å²) in [6, 6.07) is 5.46. The van der Waals surface area contributed by atoms with Crippen LogP contribution in [-0.2, 0) is 5.75 Å². The van der Waals surface area contributed by atoms with E-state index in [4.69, 9.17) is 15.3 Å². The second-order valence-electron chi connectivity index (χ2n) is 3.97. The molecule has 3 N–H and O–H groups in total. The second-order valence-corrected chi connectivity index (χ2v) is 5.40. The van der Waals surface area contributed by atoms with Gasteiger partial charge in [0.05, 0.1) is 5.75 Å². The van der Waals surface area contributed by atoms with Crippen LogP contribution in [0.4, 0.5) is 5.69 Å². The van der Waals surface area contributed by atoms with E-state index in [1.165, 1.54) is 0 Å². The molecule has 0 radical (unpaired) electrons. The topological polar surface area (TPSA) is 72.3 Å². The molecule has 92 valence electrons. The highest BCUT2D eigenvalue weighted by Gasteiger charge is 2.08. The Bertz CT molecular complexity index is 498. The van der Waals surface area contributed by atoms with Crippen LogP contribution in [0.15, 0.2) is 22.6 Å². The first kappa shape index (κ1) is 12.3. The average Bonchev–Trinajstić information content (AvgIpc) is 2.68. The second kappa shape index (κ2) is 5.42. The van der Waals surface area contributed by atoms with Crippen LogP contribution in [0.3, 0.4) is 0 Å². The number of anilines is 1. The van der Waals surface area contributed by atoms with Gasteiger partial charge in [0, 0.05) is 23.6 Å². The third-order valence-corrected chi connectivity index (χ3v) is 3.70. The molecule has 0 fully saturated rings. The number of nitrogens with zero attached hydrogens (tertiary/aromatic N) is 1. The van der Waals surface area contributed by atoms with E-state index in [-0.39, 0.29) is 6.61 Å². The van der Waals surface area contributed by atoms with Gasteiger partial charge in [0.15, 0.2) is 5.58 Å². The minimum atomic E-state index is 0.220. The molecule has 0 amide bonds. The van der Waals surface area contributed by atoms with Crippen LogP contribution >= 0.6 is 11.8 Å². The van der Waals surface area contributed by atoms with Crippen molar-refractivity contribution in [1.82, 2.24) is 4.98 Å². The number of hydrogen-bond acceptors (Lipinski definition) is 5. The van der Waals surface area contributed by atoms with Gasteiger partial charge in [-0.05, 0) is 18.6 Å². The third-order valence-electron chi connectivity index (χ3n) is 2.48. The summed E-state index contributed by atoms with van der Waals surface area (Å²) >= 11 is 1.73. The number of hydrogen-bond donors (Lipinski definition) is 2. The molecule has 4 nitrogen and oxygen atoms in total. The van der Waals surface area contributed by atoms with Crippen LogP contribution in [0.2, 0.25) is 0 Å². The lowest BCUT2D eigenvalue weighted by Crippen LogP contribution is -1.99. The molecule has 0 spiro atoms. The molecule has 0 aliphatic rings. The first-order valence-electron chi connectivity index (χ1n) is 5.56. The van der Waals surface area contributed by atoms with Crippen molar-refractivity contribution in [1.29, 1.82) is 0 Å². The summed E-state index contributed by atoms with van der Waals surface area (Å²) in [4.78, 5) is 4.38. The SMILES string of the molecule is CC(CCO)SCc1nc2ccc(N)cc2o1. The Labute approximate surface area is 104 Å². The first-order chi connectivity index (χ1) is 8.19. The van der Waals surface area contributed by atoms with Crippen molar-refractivity contribution in [3.63, 3.8) is 0 Å². The van der Waals surface area contributed by atoms with Crippen LogP contribution < -0.4 is 5.73 Å². The van der Waals surface area contributed by atoms with E-state index < -0.39 is 0 Å². The van der Waals surface area contributed by atoms with Gasteiger partial charge in [-0.25, -0.2) is 4.98 Å². The van der Waals surface area contributed by atoms with Gasteiger partial charge in [-0.15, -0.1) is 11.8 Å². The van der Waals surface area contributed by atoms with Crippen LogP contribution in [0.5, 0.6) is 0 Å². The average molecular weight is 252 g/mol. The molecule has 1 heterocycles. The number of nitrogens with two attached hydrogens (primary N) is 1. The summed E-state index contributed by atoms with van der Waals surface area (Å²) in [6.45, 7) is 2.31. The highest BCUT2D eigenvalue weighted by Crippen LogP contribution is 2.23. The highest BCUT2D eigenvalue weighted by atomic mass is 32.2. The smallest absolute Gasteiger partial charge is 0.205 e. The Kier molecular flexibility index (Phi) is 3.91. The molecule has 0 saturated heterocycles. The summed E-state index contributed by atoms with van der Waals surface area (Å²) in [6.07, 6.45) is 0.790. The van der Waals surface area contributed by atoms with E-state index in [1.807, 2.05) is 12.1 Å². The fraction of sp³-hybridized carbons (Fsp3) is 0.417. The molecule has 2 rings (SSSR count). The molecule has 2 aromatic rings. The number of rotatable bonds is 5. The Morgan fingerprint density at radius 1 is 1.53 bits per heavy atom. The molecule has 0 aliphatic carbocycles. The fourth-order valence-corrected chi connectivity index (χ4v) is 2.35. The molecular formula is C12H16N2O2S. The number of thioether (sulfide) groups is 1. The fourth-order valence-electron chi connectivity index (χ4n) is 1.53. The zero-order valence-electron chi connectivity index (χ0n) is 9.72. The minimum absolute atomic E-state index is 0.220. The largest absolute Gasteiger partial charge is 0.440 e. The van der Waals surface area contributed by atoms with Crippen LogP contribution in [0.25, 0.3) is 11.1 Å². The normalized spacial score (nSPS) is 13.1. The van der Waals surface area contributed by atoms with E-state index >= 15 is 0 Å². The zero-order valence-corrected chi connectivity index (χ0v) is 10.5. The van der Waals surface area contributed by atoms with Gasteiger partial charge < -0.3 is 15.3 Å². The van der Waals surface area contributed by atoms with E-state index in [9.17, 15) is 0 Å². The van der Waals surface area contributed by atoms with Crippen LogP contribution in [0.1, 0.15) is 19.2 Å². The molecule has 0 bridgehead atoms. The maximum atomic E-state index is 8.81. The van der Waals surface area contributed by atoms with E-state index in [1.54, 1.807) is 17.8 Å². The number of nitrogen functional groups attached to an aromatic ring is 1. The lowest BCUT2D eigenvalue weighted by Gasteiger charge is -2.06. The molecule has 1 unspecified atom stereocenters. The summed E-state index contributed by atoms with van der Waals surface area (Å²) < 4.78 is 5.60. The number of aliphatic hydroxyl groups excluding tert-OH is 1. The van der Waals surface area contributed by atoms with E-state index in [0.717, 1.165) is 23.3 Å². The Morgan fingerprint density at radius 3 is 3.12 bits per heavy atom. The van der Waals surface area contributed by atoms with Gasteiger partial charge in [-0.2, -0.15) is 0 Å². The van der Waals surface area contributed by atoms with Gasteiger partial charge in [0.1, 0.15) is 5.52 Å². The quantitative estimate of drug-likeness (QED) is 0.799. The molecule has 1 aromatic carbocycles. The Balaban J connectivity index is 2.04. The molecule has 0 saturated carbocycles. The summed E-state index contributed by atoms with van der Waals surface area (Å²) in [5, 5.41) is 9.22. The number of benzene rings is 1. The van der Waals surface area contributed by atoms with Crippen molar-refractivity contribution in [2.45, 2.75) is 24.3 Å². The van der Waals surface area contributed by atoms with Gasteiger partial charge >= 0.3 is 0 Å². The van der Waals surface area contributed by atoms with Crippen molar-refractivity contribution in [2.24, 2.45) is 0 Å². The first-order valence-corrected chi connectivity index (χ1v) is 6.61.